The van der Waals surface area contributed by atoms with Crippen molar-refractivity contribution in [1.82, 2.24) is 10.3 Å². The van der Waals surface area contributed by atoms with Crippen molar-refractivity contribution in [2.24, 2.45) is 0 Å². The molecule has 1 aliphatic rings. The molecule has 2 heterocycles. The van der Waals surface area contributed by atoms with Gasteiger partial charge in [0.05, 0.1) is 6.10 Å². The lowest BCUT2D eigenvalue weighted by Gasteiger charge is -2.27. The third kappa shape index (κ3) is 2.79. The lowest BCUT2D eigenvalue weighted by atomic mass is 10.1. The van der Waals surface area contributed by atoms with Crippen LogP contribution in [0.15, 0.2) is 24.5 Å². The van der Waals surface area contributed by atoms with Crippen LogP contribution >= 0.6 is 0 Å². The Kier molecular flexibility index (Phi) is 3.49. The molecule has 0 aliphatic carbocycles. The molecule has 0 saturated carbocycles. The Hall–Kier alpha value is -0.930. The first-order chi connectivity index (χ1) is 6.95. The smallest absolute Gasteiger partial charge is 0.0823 e. The molecule has 14 heavy (non-hydrogen) atoms. The number of nitrogens with one attached hydrogen (secondary N) is 1. The van der Waals surface area contributed by atoms with Gasteiger partial charge in [0.1, 0.15) is 0 Å². The van der Waals surface area contributed by atoms with Gasteiger partial charge in [-0.2, -0.15) is 0 Å². The van der Waals surface area contributed by atoms with Gasteiger partial charge in [0.2, 0.25) is 0 Å². The van der Waals surface area contributed by atoms with Crippen molar-refractivity contribution in [3.8, 4) is 0 Å². The van der Waals surface area contributed by atoms with Crippen molar-refractivity contribution in [2.45, 2.75) is 18.9 Å². The summed E-state index contributed by atoms with van der Waals surface area (Å²) in [5, 5.41) is 3.19. The van der Waals surface area contributed by atoms with Gasteiger partial charge < -0.3 is 10.1 Å². The van der Waals surface area contributed by atoms with E-state index < -0.39 is 0 Å². The number of rotatable bonds is 5. The van der Waals surface area contributed by atoms with E-state index in [9.17, 15) is 0 Å². The topological polar surface area (TPSA) is 34.1 Å². The van der Waals surface area contributed by atoms with E-state index in [4.69, 9.17) is 4.74 Å². The first kappa shape index (κ1) is 9.62. The maximum absolute atomic E-state index is 5.62. The van der Waals surface area contributed by atoms with Crippen LogP contribution in [0.5, 0.6) is 0 Å². The fourth-order valence-corrected chi connectivity index (χ4v) is 1.46. The molecule has 76 valence electrons. The van der Waals surface area contributed by atoms with E-state index in [0.29, 0.717) is 6.10 Å². The van der Waals surface area contributed by atoms with Gasteiger partial charge in [0.15, 0.2) is 0 Å². The molecule has 0 aromatic carbocycles. The summed E-state index contributed by atoms with van der Waals surface area (Å²) in [4.78, 5) is 3.98. The zero-order chi connectivity index (χ0) is 9.64. The minimum atomic E-state index is 0.465. The van der Waals surface area contributed by atoms with Crippen LogP contribution in [-0.4, -0.2) is 30.8 Å². The summed E-state index contributed by atoms with van der Waals surface area (Å²) in [5.74, 6) is 0. The summed E-state index contributed by atoms with van der Waals surface area (Å²) in [6, 6.07) is 4.12. The molecule has 3 heteroatoms. The average molecular weight is 192 g/mol. The Morgan fingerprint density at radius 3 is 2.79 bits per heavy atom. The molecule has 1 aromatic heterocycles. The molecule has 1 aliphatic heterocycles. The van der Waals surface area contributed by atoms with Gasteiger partial charge in [-0.25, -0.2) is 0 Å². The standard InChI is InChI=1S/C11H16N2O/c1(7-14-11-8-13-9-11)2-10-3-5-12-6-4-10/h3-6,11,13H,1-2,7-9H2. The monoisotopic (exact) mass is 192 g/mol. The van der Waals surface area contributed by atoms with Crippen LogP contribution in [0, 0.1) is 0 Å². The molecule has 0 amide bonds. The number of hydrogen-bond acceptors (Lipinski definition) is 3. The van der Waals surface area contributed by atoms with Gasteiger partial charge in [0, 0.05) is 32.1 Å². The lowest BCUT2D eigenvalue weighted by molar-refractivity contribution is 0.0179. The number of hydrogen-bond donors (Lipinski definition) is 1. The van der Waals surface area contributed by atoms with Crippen LogP contribution in [0.1, 0.15) is 12.0 Å². The number of ether oxygens (including phenoxy) is 1. The Morgan fingerprint density at radius 1 is 1.36 bits per heavy atom. The maximum Gasteiger partial charge on any atom is 0.0823 e. The molecule has 2 rings (SSSR count). The fourth-order valence-electron chi connectivity index (χ4n) is 1.46. The van der Waals surface area contributed by atoms with Crippen molar-refractivity contribution < 1.29 is 4.74 Å². The zero-order valence-electron chi connectivity index (χ0n) is 8.28. The van der Waals surface area contributed by atoms with Crippen molar-refractivity contribution in [3.63, 3.8) is 0 Å². The van der Waals surface area contributed by atoms with E-state index in [2.05, 4.69) is 22.4 Å². The van der Waals surface area contributed by atoms with E-state index >= 15 is 0 Å². The average Bonchev–Trinajstić information content (AvgIpc) is 2.16. The van der Waals surface area contributed by atoms with Crippen LogP contribution in [0.25, 0.3) is 0 Å². The van der Waals surface area contributed by atoms with E-state index in [-0.39, 0.29) is 0 Å². The lowest BCUT2D eigenvalue weighted by Crippen LogP contribution is -2.48. The zero-order valence-corrected chi connectivity index (χ0v) is 8.28. The minimum absolute atomic E-state index is 0.465. The second-order valence-corrected chi connectivity index (χ2v) is 3.61. The first-order valence-corrected chi connectivity index (χ1v) is 5.16. The Labute approximate surface area is 84.5 Å². The van der Waals surface area contributed by atoms with Crippen molar-refractivity contribution in [2.75, 3.05) is 19.7 Å². The SMILES string of the molecule is c1cc(CCCOC2CNC2)ccn1. The van der Waals surface area contributed by atoms with Gasteiger partial charge in [-0.3, -0.25) is 4.98 Å². The highest BCUT2D eigenvalue weighted by molar-refractivity contribution is 5.09. The summed E-state index contributed by atoms with van der Waals surface area (Å²) >= 11 is 0. The minimum Gasteiger partial charge on any atom is -0.376 e. The summed E-state index contributed by atoms with van der Waals surface area (Å²) in [6.45, 7) is 2.92. The highest BCUT2D eigenvalue weighted by atomic mass is 16.5. The molecule has 1 fully saturated rings. The first-order valence-electron chi connectivity index (χ1n) is 5.16. The van der Waals surface area contributed by atoms with Crippen LogP contribution in [0.4, 0.5) is 0 Å². The number of pyridine rings is 1. The van der Waals surface area contributed by atoms with Gasteiger partial charge in [-0.1, -0.05) is 0 Å². The summed E-state index contributed by atoms with van der Waals surface area (Å²) in [5.41, 5.74) is 1.34. The molecule has 1 aromatic rings. The van der Waals surface area contributed by atoms with E-state index in [1.54, 1.807) is 0 Å². The van der Waals surface area contributed by atoms with Gasteiger partial charge in [0.25, 0.3) is 0 Å². The van der Waals surface area contributed by atoms with Crippen LogP contribution in [0.3, 0.4) is 0 Å². The fraction of sp³-hybridized carbons (Fsp3) is 0.545. The van der Waals surface area contributed by atoms with Crippen molar-refractivity contribution in [1.29, 1.82) is 0 Å². The Balaban J connectivity index is 1.58. The maximum atomic E-state index is 5.62. The second kappa shape index (κ2) is 5.08. The Morgan fingerprint density at radius 2 is 2.14 bits per heavy atom. The number of nitrogens with zero attached hydrogens (tertiary/aromatic N) is 1. The molecule has 3 nitrogen and oxygen atoms in total. The molecule has 1 N–H and O–H groups in total. The predicted octanol–water partition coefficient (Wildman–Crippen LogP) is 1.00. The summed E-state index contributed by atoms with van der Waals surface area (Å²) in [7, 11) is 0. The van der Waals surface area contributed by atoms with Gasteiger partial charge >= 0.3 is 0 Å². The molecule has 0 unspecified atom stereocenters. The predicted molar refractivity (Wildman–Crippen MR) is 55.2 cm³/mol. The molecule has 0 radical (unpaired) electrons. The van der Waals surface area contributed by atoms with Crippen molar-refractivity contribution >= 4 is 0 Å². The van der Waals surface area contributed by atoms with Crippen LogP contribution < -0.4 is 5.32 Å². The third-order valence-electron chi connectivity index (χ3n) is 2.46. The third-order valence-corrected chi connectivity index (χ3v) is 2.46. The molecule has 0 spiro atoms. The van der Waals surface area contributed by atoms with Crippen LogP contribution in [0.2, 0.25) is 0 Å². The second-order valence-electron chi connectivity index (χ2n) is 3.61. The van der Waals surface area contributed by atoms with E-state index in [1.807, 2.05) is 12.4 Å². The van der Waals surface area contributed by atoms with Gasteiger partial charge in [-0.05, 0) is 30.5 Å². The highest BCUT2D eigenvalue weighted by Crippen LogP contribution is 2.03. The quantitative estimate of drug-likeness (QED) is 0.707. The van der Waals surface area contributed by atoms with E-state index in [0.717, 1.165) is 32.5 Å². The number of aryl methyl sites for hydroxylation is 1. The molecule has 1 saturated heterocycles. The normalized spacial score (nSPS) is 16.6. The van der Waals surface area contributed by atoms with Gasteiger partial charge in [-0.15, -0.1) is 0 Å². The summed E-state index contributed by atoms with van der Waals surface area (Å²) < 4.78 is 5.62. The van der Waals surface area contributed by atoms with E-state index in [1.165, 1.54) is 5.56 Å². The number of aromatic nitrogens is 1. The molecular formula is C11H16N2O. The molecular weight excluding hydrogens is 176 g/mol. The molecule has 0 atom stereocenters. The molecule has 0 bridgehead atoms. The highest BCUT2D eigenvalue weighted by Gasteiger charge is 2.15. The van der Waals surface area contributed by atoms with Crippen molar-refractivity contribution in [3.05, 3.63) is 30.1 Å². The summed E-state index contributed by atoms with van der Waals surface area (Å²) in [6.07, 6.45) is 6.33. The van der Waals surface area contributed by atoms with Crippen LogP contribution in [-0.2, 0) is 11.2 Å². The largest absolute Gasteiger partial charge is 0.376 e. The Bertz CT molecular complexity index is 259.